The molecule has 25 heavy (non-hydrogen) atoms. The predicted octanol–water partition coefficient (Wildman–Crippen LogP) is 5.07. The summed E-state index contributed by atoms with van der Waals surface area (Å²) in [5.74, 6) is 0.332. The minimum absolute atomic E-state index is 0.0800. The van der Waals surface area contributed by atoms with Gasteiger partial charge in [0.05, 0.1) is 5.02 Å². The van der Waals surface area contributed by atoms with Gasteiger partial charge >= 0.3 is 0 Å². The van der Waals surface area contributed by atoms with Crippen LogP contribution in [0.1, 0.15) is 30.4 Å². The van der Waals surface area contributed by atoms with Crippen LogP contribution in [0.15, 0.2) is 40.9 Å². The van der Waals surface area contributed by atoms with Gasteiger partial charge in [-0.2, -0.15) is 0 Å². The molecule has 0 fully saturated rings. The van der Waals surface area contributed by atoms with Crippen molar-refractivity contribution in [2.75, 3.05) is 13.2 Å². The Hall–Kier alpha value is -1.14. The Morgan fingerprint density at radius 1 is 1.16 bits per heavy atom. The van der Waals surface area contributed by atoms with Crippen molar-refractivity contribution in [3.05, 3.63) is 62.8 Å². The molecule has 136 valence electrons. The molecule has 0 heterocycles. The number of halogens is 3. The van der Waals surface area contributed by atoms with E-state index in [1.165, 1.54) is 6.07 Å². The summed E-state index contributed by atoms with van der Waals surface area (Å²) >= 11 is 9.51. The Morgan fingerprint density at radius 2 is 2.00 bits per heavy atom. The van der Waals surface area contributed by atoms with Crippen molar-refractivity contribution >= 4 is 27.5 Å². The van der Waals surface area contributed by atoms with Crippen LogP contribution in [0.5, 0.6) is 5.75 Å². The number of ether oxygens (including phenoxy) is 1. The lowest BCUT2D eigenvalue weighted by Gasteiger charge is -2.14. The van der Waals surface area contributed by atoms with Crippen molar-refractivity contribution in [1.82, 2.24) is 5.32 Å². The Kier molecular flexibility index (Phi) is 8.68. The lowest BCUT2D eigenvalue weighted by molar-refractivity contribution is 0.282. The molecule has 3 nitrogen and oxygen atoms in total. The van der Waals surface area contributed by atoms with E-state index in [0.29, 0.717) is 22.9 Å². The highest BCUT2D eigenvalue weighted by molar-refractivity contribution is 9.10. The third kappa shape index (κ3) is 6.59. The van der Waals surface area contributed by atoms with E-state index in [2.05, 4.69) is 21.2 Å². The van der Waals surface area contributed by atoms with Gasteiger partial charge < -0.3 is 15.2 Å². The Labute approximate surface area is 161 Å². The number of nitrogens with one attached hydrogen (secondary N) is 1. The predicted molar refractivity (Wildman–Crippen MR) is 103 cm³/mol. The molecule has 0 aliphatic rings. The summed E-state index contributed by atoms with van der Waals surface area (Å²) in [4.78, 5) is 0. The molecule has 0 radical (unpaired) electrons. The fourth-order valence-electron chi connectivity index (χ4n) is 2.41. The van der Waals surface area contributed by atoms with Crippen LogP contribution < -0.4 is 10.1 Å². The standard InChI is InChI=1S/C19H22BrClFNO2/c20-15-7-8-19(14(11-15)12-23-9-2-1-3-10-24)25-13-16-17(21)5-4-6-18(16)22/h4-8,11,23-24H,1-3,9-10,12-13H2. The lowest BCUT2D eigenvalue weighted by Crippen LogP contribution is -2.15. The Morgan fingerprint density at radius 3 is 2.76 bits per heavy atom. The van der Waals surface area contributed by atoms with Gasteiger partial charge in [-0.1, -0.05) is 33.6 Å². The van der Waals surface area contributed by atoms with Gasteiger partial charge in [0.15, 0.2) is 0 Å². The molecule has 0 saturated heterocycles. The molecular weight excluding hydrogens is 409 g/mol. The topological polar surface area (TPSA) is 41.5 Å². The molecule has 0 atom stereocenters. The first-order valence-corrected chi connectivity index (χ1v) is 9.44. The Bertz CT molecular complexity index is 664. The van der Waals surface area contributed by atoms with E-state index in [-0.39, 0.29) is 19.0 Å². The molecule has 2 rings (SSSR count). The largest absolute Gasteiger partial charge is 0.488 e. The van der Waals surface area contributed by atoms with Crippen LogP contribution in [0.4, 0.5) is 4.39 Å². The molecule has 2 aromatic carbocycles. The monoisotopic (exact) mass is 429 g/mol. The zero-order valence-electron chi connectivity index (χ0n) is 13.9. The molecule has 0 saturated carbocycles. The van der Waals surface area contributed by atoms with Crippen LogP contribution >= 0.6 is 27.5 Å². The molecule has 6 heteroatoms. The molecule has 2 N–H and O–H groups in total. The summed E-state index contributed by atoms with van der Waals surface area (Å²) in [5, 5.41) is 12.5. The van der Waals surface area contributed by atoms with Crippen molar-refractivity contribution in [2.24, 2.45) is 0 Å². The molecule has 0 aromatic heterocycles. The number of aliphatic hydroxyl groups is 1. The van der Waals surface area contributed by atoms with Crippen LogP contribution in [0, 0.1) is 5.82 Å². The van der Waals surface area contributed by atoms with Crippen molar-refractivity contribution in [3.63, 3.8) is 0 Å². The fourth-order valence-corrected chi connectivity index (χ4v) is 3.03. The van der Waals surface area contributed by atoms with Crippen molar-refractivity contribution < 1.29 is 14.2 Å². The number of benzene rings is 2. The maximum Gasteiger partial charge on any atom is 0.131 e. The highest BCUT2D eigenvalue weighted by Gasteiger charge is 2.10. The highest BCUT2D eigenvalue weighted by Crippen LogP contribution is 2.26. The van der Waals surface area contributed by atoms with Crippen LogP contribution in [-0.2, 0) is 13.2 Å². The summed E-state index contributed by atoms with van der Waals surface area (Å²) in [5.41, 5.74) is 1.35. The lowest BCUT2D eigenvalue weighted by atomic mass is 10.2. The smallest absolute Gasteiger partial charge is 0.131 e. The van der Waals surface area contributed by atoms with Gasteiger partial charge in [-0.3, -0.25) is 0 Å². The second-order valence-electron chi connectivity index (χ2n) is 5.70. The second kappa shape index (κ2) is 10.8. The summed E-state index contributed by atoms with van der Waals surface area (Å²) in [6.45, 7) is 1.84. The third-order valence-electron chi connectivity index (χ3n) is 3.78. The number of unbranched alkanes of at least 4 members (excludes halogenated alkanes) is 2. The average Bonchev–Trinajstić information content (AvgIpc) is 2.59. The first kappa shape index (κ1) is 20.2. The van der Waals surface area contributed by atoms with Gasteiger partial charge in [0.2, 0.25) is 0 Å². The Balaban J connectivity index is 1.96. The molecule has 0 bridgehead atoms. The van der Waals surface area contributed by atoms with E-state index >= 15 is 0 Å². The van der Waals surface area contributed by atoms with E-state index in [0.717, 1.165) is 35.8 Å². The minimum atomic E-state index is -0.367. The molecule has 0 spiro atoms. The van der Waals surface area contributed by atoms with Crippen molar-refractivity contribution in [2.45, 2.75) is 32.4 Å². The van der Waals surface area contributed by atoms with Gasteiger partial charge in [-0.05, 0) is 56.1 Å². The normalized spacial score (nSPS) is 10.9. The summed E-state index contributed by atoms with van der Waals surface area (Å²) in [6, 6.07) is 10.3. The van der Waals surface area contributed by atoms with Crippen LogP contribution in [-0.4, -0.2) is 18.3 Å². The molecule has 0 unspecified atom stereocenters. The van der Waals surface area contributed by atoms with E-state index in [1.54, 1.807) is 12.1 Å². The molecule has 2 aromatic rings. The highest BCUT2D eigenvalue weighted by atomic mass is 79.9. The first-order chi connectivity index (χ1) is 12.1. The average molecular weight is 431 g/mol. The number of hydrogen-bond donors (Lipinski definition) is 2. The fraction of sp³-hybridized carbons (Fsp3) is 0.368. The van der Waals surface area contributed by atoms with Crippen molar-refractivity contribution in [1.29, 1.82) is 0 Å². The van der Waals surface area contributed by atoms with E-state index in [4.69, 9.17) is 21.4 Å². The molecule has 0 aliphatic carbocycles. The van der Waals surface area contributed by atoms with Gasteiger partial charge in [0.1, 0.15) is 18.2 Å². The number of hydrogen-bond acceptors (Lipinski definition) is 3. The minimum Gasteiger partial charge on any atom is -0.488 e. The maximum atomic E-state index is 13.9. The van der Waals surface area contributed by atoms with Gasteiger partial charge in [0.25, 0.3) is 0 Å². The second-order valence-corrected chi connectivity index (χ2v) is 7.02. The SMILES string of the molecule is OCCCCCNCc1cc(Br)ccc1OCc1c(F)cccc1Cl. The summed E-state index contributed by atoms with van der Waals surface area (Å²) in [7, 11) is 0. The number of aliphatic hydroxyl groups excluding tert-OH is 1. The van der Waals surface area contributed by atoms with E-state index in [1.807, 2.05) is 18.2 Å². The van der Waals surface area contributed by atoms with Crippen LogP contribution in [0.3, 0.4) is 0 Å². The zero-order valence-corrected chi connectivity index (χ0v) is 16.2. The van der Waals surface area contributed by atoms with Gasteiger partial charge in [-0.25, -0.2) is 4.39 Å². The first-order valence-electron chi connectivity index (χ1n) is 8.27. The van der Waals surface area contributed by atoms with Gasteiger partial charge in [-0.15, -0.1) is 0 Å². The maximum absolute atomic E-state index is 13.9. The van der Waals surface area contributed by atoms with E-state index < -0.39 is 0 Å². The van der Waals surface area contributed by atoms with Crippen LogP contribution in [0.2, 0.25) is 5.02 Å². The molecule has 0 amide bonds. The van der Waals surface area contributed by atoms with Crippen LogP contribution in [0.25, 0.3) is 0 Å². The third-order valence-corrected chi connectivity index (χ3v) is 4.63. The molecular formula is C19H22BrClFNO2. The number of rotatable bonds is 10. The zero-order chi connectivity index (χ0) is 18.1. The van der Waals surface area contributed by atoms with Crippen molar-refractivity contribution in [3.8, 4) is 5.75 Å². The van der Waals surface area contributed by atoms with E-state index in [9.17, 15) is 4.39 Å². The quantitative estimate of drug-likeness (QED) is 0.517. The summed E-state index contributed by atoms with van der Waals surface area (Å²) in [6.07, 6.45) is 2.84. The summed E-state index contributed by atoms with van der Waals surface area (Å²) < 4.78 is 20.6. The molecule has 0 aliphatic heterocycles. The van der Waals surface area contributed by atoms with Gasteiger partial charge in [0, 0.05) is 28.8 Å².